The largest absolute Gasteiger partial charge is 0.478 e. The van der Waals surface area contributed by atoms with Gasteiger partial charge in [-0.05, 0) is 25.7 Å². The number of aryl methyl sites for hydroxylation is 1. The fourth-order valence-corrected chi connectivity index (χ4v) is 2.19. The lowest BCUT2D eigenvalue weighted by atomic mass is 10.0. The maximum Gasteiger partial charge on any atom is 0.339 e. The molecule has 0 aliphatic carbocycles. The van der Waals surface area contributed by atoms with Crippen molar-refractivity contribution in [2.24, 2.45) is 5.92 Å². The first-order valence-corrected chi connectivity index (χ1v) is 5.90. The van der Waals surface area contributed by atoms with Crippen LogP contribution in [0.4, 0.5) is 5.95 Å². The molecule has 1 aromatic rings. The Hall–Kier alpha value is -1.65. The normalized spacial score (nSPS) is 20.4. The lowest BCUT2D eigenvalue weighted by molar-refractivity contribution is 0.0695. The zero-order chi connectivity index (χ0) is 12.4. The van der Waals surface area contributed by atoms with Crippen molar-refractivity contribution in [3.8, 4) is 0 Å². The van der Waals surface area contributed by atoms with E-state index in [0.717, 1.165) is 19.5 Å². The van der Waals surface area contributed by atoms with E-state index in [2.05, 4.69) is 21.8 Å². The van der Waals surface area contributed by atoms with E-state index in [9.17, 15) is 4.79 Å². The van der Waals surface area contributed by atoms with Crippen LogP contribution >= 0.6 is 0 Å². The van der Waals surface area contributed by atoms with E-state index in [1.807, 2.05) is 0 Å². The van der Waals surface area contributed by atoms with Crippen LogP contribution in [0.3, 0.4) is 0 Å². The van der Waals surface area contributed by atoms with E-state index >= 15 is 0 Å². The monoisotopic (exact) mass is 235 g/mol. The lowest BCUT2D eigenvalue weighted by Gasteiger charge is -2.31. The fraction of sp³-hybridized carbons (Fsp3) is 0.583. The van der Waals surface area contributed by atoms with Crippen molar-refractivity contribution >= 4 is 11.9 Å². The van der Waals surface area contributed by atoms with E-state index in [-0.39, 0.29) is 5.56 Å². The van der Waals surface area contributed by atoms with Crippen LogP contribution in [0.25, 0.3) is 0 Å². The molecule has 1 aliphatic heterocycles. The number of rotatable bonds is 2. The highest BCUT2D eigenvalue weighted by atomic mass is 16.4. The molecule has 1 aliphatic rings. The molecule has 0 saturated carbocycles. The molecule has 0 radical (unpaired) electrons. The molecule has 1 saturated heterocycles. The molecule has 1 N–H and O–H groups in total. The van der Waals surface area contributed by atoms with Gasteiger partial charge in [0.05, 0.1) is 11.3 Å². The Kier molecular flexibility index (Phi) is 3.26. The van der Waals surface area contributed by atoms with Crippen LogP contribution in [0.5, 0.6) is 0 Å². The molecular weight excluding hydrogens is 218 g/mol. The van der Waals surface area contributed by atoms with Gasteiger partial charge in [-0.3, -0.25) is 0 Å². The Labute approximate surface area is 100 Å². The Morgan fingerprint density at radius 3 is 2.94 bits per heavy atom. The quantitative estimate of drug-likeness (QED) is 0.845. The van der Waals surface area contributed by atoms with Crippen molar-refractivity contribution in [3.05, 3.63) is 17.5 Å². The molecule has 5 heteroatoms. The molecule has 1 fully saturated rings. The second-order valence-electron chi connectivity index (χ2n) is 4.67. The average molecular weight is 235 g/mol. The summed E-state index contributed by atoms with van der Waals surface area (Å²) in [6.45, 7) is 5.83. The minimum Gasteiger partial charge on any atom is -0.478 e. The summed E-state index contributed by atoms with van der Waals surface area (Å²) in [5, 5.41) is 8.92. The van der Waals surface area contributed by atoms with Gasteiger partial charge in [0.15, 0.2) is 0 Å². The first-order chi connectivity index (χ1) is 8.08. The summed E-state index contributed by atoms with van der Waals surface area (Å²) in [4.78, 5) is 21.4. The smallest absolute Gasteiger partial charge is 0.339 e. The maximum atomic E-state index is 10.9. The van der Waals surface area contributed by atoms with Crippen LogP contribution in [0, 0.1) is 12.8 Å². The van der Waals surface area contributed by atoms with Crippen LogP contribution in [0.2, 0.25) is 0 Å². The maximum absolute atomic E-state index is 10.9. The zero-order valence-corrected chi connectivity index (χ0v) is 10.2. The molecule has 1 unspecified atom stereocenters. The van der Waals surface area contributed by atoms with E-state index in [4.69, 9.17) is 5.11 Å². The Morgan fingerprint density at radius 1 is 1.59 bits per heavy atom. The molecular formula is C12H17N3O2. The molecule has 5 nitrogen and oxygen atoms in total. The van der Waals surface area contributed by atoms with Gasteiger partial charge in [0.25, 0.3) is 0 Å². The molecule has 0 spiro atoms. The van der Waals surface area contributed by atoms with Gasteiger partial charge in [-0.25, -0.2) is 14.8 Å². The van der Waals surface area contributed by atoms with Crippen molar-refractivity contribution < 1.29 is 9.90 Å². The number of hydrogen-bond acceptors (Lipinski definition) is 4. The number of carboxylic acid groups (broad SMARTS) is 1. The predicted octanol–water partition coefficient (Wildman–Crippen LogP) is 1.72. The topological polar surface area (TPSA) is 66.3 Å². The second kappa shape index (κ2) is 4.69. The summed E-state index contributed by atoms with van der Waals surface area (Å²) < 4.78 is 0. The van der Waals surface area contributed by atoms with Gasteiger partial charge in [-0.1, -0.05) is 6.92 Å². The van der Waals surface area contributed by atoms with E-state index in [1.165, 1.54) is 12.6 Å². The third-order valence-electron chi connectivity index (χ3n) is 3.14. The molecule has 0 bridgehead atoms. The third-order valence-corrected chi connectivity index (χ3v) is 3.14. The Balaban J connectivity index is 2.22. The summed E-state index contributed by atoms with van der Waals surface area (Å²) in [6, 6.07) is 0. The average Bonchev–Trinajstić information content (AvgIpc) is 2.28. The molecule has 1 atom stereocenters. The number of anilines is 1. The molecule has 2 rings (SSSR count). The van der Waals surface area contributed by atoms with Crippen LogP contribution < -0.4 is 4.90 Å². The highest BCUT2D eigenvalue weighted by molar-refractivity contribution is 5.88. The standard InChI is InChI=1S/C12H17N3O2/c1-8-4-3-5-15(7-8)12-13-6-10(11(16)17)9(2)14-12/h6,8H,3-5,7H2,1-2H3,(H,16,17). The van der Waals surface area contributed by atoms with E-state index in [0.29, 0.717) is 17.6 Å². The van der Waals surface area contributed by atoms with Gasteiger partial charge in [0.1, 0.15) is 0 Å². The van der Waals surface area contributed by atoms with Crippen molar-refractivity contribution in [2.75, 3.05) is 18.0 Å². The van der Waals surface area contributed by atoms with Crippen molar-refractivity contribution in [3.63, 3.8) is 0 Å². The van der Waals surface area contributed by atoms with Gasteiger partial charge in [0.2, 0.25) is 5.95 Å². The fourth-order valence-electron chi connectivity index (χ4n) is 2.19. The van der Waals surface area contributed by atoms with E-state index < -0.39 is 5.97 Å². The van der Waals surface area contributed by atoms with Crippen LogP contribution in [-0.2, 0) is 0 Å². The molecule has 0 amide bonds. The van der Waals surface area contributed by atoms with Crippen molar-refractivity contribution in [1.29, 1.82) is 0 Å². The highest BCUT2D eigenvalue weighted by Crippen LogP contribution is 2.20. The number of hydrogen-bond donors (Lipinski definition) is 1. The van der Waals surface area contributed by atoms with Crippen molar-refractivity contribution in [2.45, 2.75) is 26.7 Å². The predicted molar refractivity (Wildman–Crippen MR) is 64.3 cm³/mol. The van der Waals surface area contributed by atoms with Gasteiger partial charge in [-0.15, -0.1) is 0 Å². The lowest BCUT2D eigenvalue weighted by Crippen LogP contribution is -2.35. The van der Waals surface area contributed by atoms with Crippen LogP contribution in [0.15, 0.2) is 6.20 Å². The SMILES string of the molecule is Cc1nc(N2CCCC(C)C2)ncc1C(=O)O. The van der Waals surface area contributed by atoms with Crippen LogP contribution in [-0.4, -0.2) is 34.1 Å². The van der Waals surface area contributed by atoms with Gasteiger partial charge >= 0.3 is 5.97 Å². The Morgan fingerprint density at radius 2 is 2.35 bits per heavy atom. The number of carbonyl (C=O) groups is 1. The summed E-state index contributed by atoms with van der Waals surface area (Å²) in [5.41, 5.74) is 0.708. The molecule has 92 valence electrons. The summed E-state index contributed by atoms with van der Waals surface area (Å²) in [5.74, 6) is 0.326. The van der Waals surface area contributed by atoms with Gasteiger partial charge in [-0.2, -0.15) is 0 Å². The number of nitrogens with zero attached hydrogens (tertiary/aromatic N) is 3. The van der Waals surface area contributed by atoms with Gasteiger partial charge < -0.3 is 10.0 Å². The number of aromatic carboxylic acids is 1. The number of aromatic nitrogens is 2. The third kappa shape index (κ3) is 2.54. The highest BCUT2D eigenvalue weighted by Gasteiger charge is 2.19. The summed E-state index contributed by atoms with van der Waals surface area (Å²) in [7, 11) is 0. The van der Waals surface area contributed by atoms with Crippen molar-refractivity contribution in [1.82, 2.24) is 9.97 Å². The zero-order valence-electron chi connectivity index (χ0n) is 10.2. The summed E-state index contributed by atoms with van der Waals surface area (Å²) >= 11 is 0. The first kappa shape index (κ1) is 11.8. The number of piperidine rings is 1. The van der Waals surface area contributed by atoms with Crippen LogP contribution in [0.1, 0.15) is 35.8 Å². The molecule has 0 aromatic carbocycles. The summed E-state index contributed by atoms with van der Waals surface area (Å²) in [6.07, 6.45) is 3.78. The molecule has 17 heavy (non-hydrogen) atoms. The van der Waals surface area contributed by atoms with Gasteiger partial charge in [0, 0.05) is 19.3 Å². The van der Waals surface area contributed by atoms with E-state index in [1.54, 1.807) is 6.92 Å². The molecule has 2 heterocycles. The molecule has 1 aromatic heterocycles. The second-order valence-corrected chi connectivity index (χ2v) is 4.67. The number of carboxylic acids is 1. The minimum atomic E-state index is -0.971. The Bertz CT molecular complexity index is 434. The first-order valence-electron chi connectivity index (χ1n) is 5.90. The minimum absolute atomic E-state index is 0.179.